The average Bonchev–Trinajstić information content (AvgIpc) is 2.54. The molecule has 112 valence electrons. The van der Waals surface area contributed by atoms with E-state index in [9.17, 15) is 0 Å². The van der Waals surface area contributed by atoms with E-state index in [1.807, 2.05) is 12.1 Å². The van der Waals surface area contributed by atoms with Gasteiger partial charge in [-0.05, 0) is 55.8 Å². The van der Waals surface area contributed by atoms with Gasteiger partial charge in [-0.1, -0.05) is 24.3 Å². The highest BCUT2D eigenvalue weighted by Gasteiger charge is 2.46. The minimum Gasteiger partial charge on any atom is -0.259 e. The molecule has 2 aromatic rings. The van der Waals surface area contributed by atoms with Crippen LogP contribution in [-0.4, -0.2) is 15.9 Å². The molecular formula is C18H20N4. The Morgan fingerprint density at radius 3 is 2.45 bits per heavy atom. The lowest BCUT2D eigenvalue weighted by molar-refractivity contribution is 0.108. The fraction of sp³-hybridized carbons (Fsp3) is 0.500. The molecule has 0 radical (unpaired) electrons. The van der Waals surface area contributed by atoms with Gasteiger partial charge in [-0.25, -0.2) is 0 Å². The molecule has 0 spiro atoms. The van der Waals surface area contributed by atoms with Crippen LogP contribution in [0.5, 0.6) is 0 Å². The number of rotatable bonds is 2. The number of hydrazone groups is 1. The Balaban J connectivity index is 1.46. The molecule has 0 atom stereocenters. The van der Waals surface area contributed by atoms with Gasteiger partial charge in [-0.3, -0.25) is 5.43 Å². The number of hydrogen-bond acceptors (Lipinski definition) is 4. The van der Waals surface area contributed by atoms with Crippen molar-refractivity contribution in [2.24, 2.45) is 28.8 Å². The number of aromatic nitrogens is 2. The SMILES string of the molecule is c1ccc2c(NN=C3C4CC5CC(C4)CC3C5)nncc2c1. The molecule has 4 saturated carbocycles. The molecule has 1 aromatic carbocycles. The van der Waals surface area contributed by atoms with Crippen molar-refractivity contribution in [1.29, 1.82) is 0 Å². The number of anilines is 1. The van der Waals surface area contributed by atoms with Crippen LogP contribution in [0.1, 0.15) is 32.1 Å². The van der Waals surface area contributed by atoms with Gasteiger partial charge in [0.05, 0.1) is 6.20 Å². The first-order chi connectivity index (χ1) is 10.9. The molecule has 4 fully saturated rings. The van der Waals surface area contributed by atoms with Crippen LogP contribution in [0.3, 0.4) is 0 Å². The van der Waals surface area contributed by atoms with E-state index in [0.29, 0.717) is 11.8 Å². The molecule has 0 saturated heterocycles. The topological polar surface area (TPSA) is 50.2 Å². The Bertz CT molecular complexity index is 716. The van der Waals surface area contributed by atoms with Crippen LogP contribution in [0.15, 0.2) is 35.6 Å². The molecule has 1 N–H and O–H groups in total. The van der Waals surface area contributed by atoms with E-state index in [-0.39, 0.29) is 0 Å². The molecule has 22 heavy (non-hydrogen) atoms. The largest absolute Gasteiger partial charge is 0.259 e. The zero-order chi connectivity index (χ0) is 14.5. The summed E-state index contributed by atoms with van der Waals surface area (Å²) in [7, 11) is 0. The van der Waals surface area contributed by atoms with Gasteiger partial charge in [-0.2, -0.15) is 10.2 Å². The van der Waals surface area contributed by atoms with E-state index in [2.05, 4.69) is 27.8 Å². The molecule has 4 nitrogen and oxygen atoms in total. The number of nitrogens with one attached hydrogen (secondary N) is 1. The molecule has 4 aliphatic rings. The molecular weight excluding hydrogens is 272 g/mol. The lowest BCUT2D eigenvalue weighted by atomic mass is 9.55. The summed E-state index contributed by atoms with van der Waals surface area (Å²) in [5.41, 5.74) is 4.63. The first kappa shape index (κ1) is 12.6. The van der Waals surface area contributed by atoms with Crippen molar-refractivity contribution in [2.45, 2.75) is 32.1 Å². The van der Waals surface area contributed by atoms with E-state index < -0.39 is 0 Å². The average molecular weight is 292 g/mol. The third-order valence-electron chi connectivity index (χ3n) is 5.84. The molecule has 4 bridgehead atoms. The molecule has 0 amide bonds. The van der Waals surface area contributed by atoms with E-state index >= 15 is 0 Å². The second-order valence-corrected chi connectivity index (χ2v) is 7.23. The second-order valence-electron chi connectivity index (χ2n) is 7.23. The van der Waals surface area contributed by atoms with Gasteiger partial charge in [0.15, 0.2) is 5.82 Å². The molecule has 6 rings (SSSR count). The summed E-state index contributed by atoms with van der Waals surface area (Å²) in [6.07, 6.45) is 8.70. The van der Waals surface area contributed by atoms with Crippen molar-refractivity contribution < 1.29 is 0 Å². The van der Waals surface area contributed by atoms with Gasteiger partial charge >= 0.3 is 0 Å². The predicted octanol–water partition coefficient (Wildman–Crippen LogP) is 3.85. The lowest BCUT2D eigenvalue weighted by Gasteiger charge is -2.50. The first-order valence-electron chi connectivity index (χ1n) is 8.40. The van der Waals surface area contributed by atoms with Gasteiger partial charge in [0, 0.05) is 16.5 Å². The minimum absolute atomic E-state index is 0.715. The van der Waals surface area contributed by atoms with E-state index in [4.69, 9.17) is 5.10 Å². The Hall–Kier alpha value is -1.97. The van der Waals surface area contributed by atoms with Crippen molar-refractivity contribution in [3.05, 3.63) is 30.5 Å². The Kier molecular flexibility index (Phi) is 2.72. The van der Waals surface area contributed by atoms with Crippen molar-refractivity contribution >= 4 is 22.3 Å². The van der Waals surface area contributed by atoms with Crippen molar-refractivity contribution in [1.82, 2.24) is 10.2 Å². The third-order valence-corrected chi connectivity index (χ3v) is 5.84. The highest BCUT2D eigenvalue weighted by Crippen LogP contribution is 2.52. The van der Waals surface area contributed by atoms with E-state index in [0.717, 1.165) is 28.4 Å². The van der Waals surface area contributed by atoms with Gasteiger partial charge in [-0.15, -0.1) is 5.10 Å². The lowest BCUT2D eigenvalue weighted by Crippen LogP contribution is -2.45. The van der Waals surface area contributed by atoms with E-state index in [1.165, 1.54) is 37.8 Å². The molecule has 1 heterocycles. The van der Waals surface area contributed by atoms with E-state index in [1.54, 1.807) is 6.20 Å². The molecule has 4 aliphatic carbocycles. The molecule has 0 unspecified atom stereocenters. The summed E-state index contributed by atoms with van der Waals surface area (Å²) in [6, 6.07) is 8.19. The Morgan fingerprint density at radius 1 is 0.955 bits per heavy atom. The Labute approximate surface area is 130 Å². The number of nitrogens with zero attached hydrogens (tertiary/aromatic N) is 3. The van der Waals surface area contributed by atoms with Crippen LogP contribution in [0.2, 0.25) is 0 Å². The Morgan fingerprint density at radius 2 is 1.68 bits per heavy atom. The zero-order valence-electron chi connectivity index (χ0n) is 12.6. The van der Waals surface area contributed by atoms with Crippen molar-refractivity contribution in [3.8, 4) is 0 Å². The van der Waals surface area contributed by atoms with Crippen LogP contribution in [0, 0.1) is 23.7 Å². The predicted molar refractivity (Wildman–Crippen MR) is 87.6 cm³/mol. The van der Waals surface area contributed by atoms with Gasteiger partial charge in [0.1, 0.15) is 0 Å². The first-order valence-corrected chi connectivity index (χ1v) is 8.40. The molecule has 0 aliphatic heterocycles. The van der Waals surface area contributed by atoms with Crippen LogP contribution in [0.4, 0.5) is 5.82 Å². The quantitative estimate of drug-likeness (QED) is 0.855. The van der Waals surface area contributed by atoms with Crippen LogP contribution in [-0.2, 0) is 0 Å². The zero-order valence-corrected chi connectivity index (χ0v) is 12.6. The van der Waals surface area contributed by atoms with Crippen LogP contribution < -0.4 is 5.43 Å². The summed E-state index contributed by atoms with van der Waals surface area (Å²) in [5.74, 6) is 4.15. The second kappa shape index (κ2) is 4.77. The van der Waals surface area contributed by atoms with Crippen molar-refractivity contribution in [3.63, 3.8) is 0 Å². The van der Waals surface area contributed by atoms with Gasteiger partial charge in [0.25, 0.3) is 0 Å². The monoisotopic (exact) mass is 292 g/mol. The highest BCUT2D eigenvalue weighted by molar-refractivity contribution is 5.94. The van der Waals surface area contributed by atoms with Crippen LogP contribution >= 0.6 is 0 Å². The number of hydrogen-bond donors (Lipinski definition) is 1. The van der Waals surface area contributed by atoms with Crippen molar-refractivity contribution in [2.75, 3.05) is 5.43 Å². The summed E-state index contributed by atoms with van der Waals surface area (Å²) in [6.45, 7) is 0. The minimum atomic E-state index is 0.715. The summed E-state index contributed by atoms with van der Waals surface area (Å²) >= 11 is 0. The number of fused-ring (bicyclic) bond motifs is 1. The maximum absolute atomic E-state index is 4.81. The summed E-state index contributed by atoms with van der Waals surface area (Å²) in [5, 5.41) is 15.3. The highest BCUT2D eigenvalue weighted by atomic mass is 15.3. The standard InChI is InChI=1S/C18H20N4/c1-2-4-16-13(3-1)10-19-21-18(16)22-20-17-14-6-11-5-12(8-14)9-15(17)7-11/h1-4,10-12,14-15H,5-9H2,(H,21,22). The maximum atomic E-state index is 4.81. The summed E-state index contributed by atoms with van der Waals surface area (Å²) < 4.78 is 0. The normalized spacial score (nSPS) is 32.5. The summed E-state index contributed by atoms with van der Waals surface area (Å²) in [4.78, 5) is 0. The fourth-order valence-electron chi connectivity index (χ4n) is 5.08. The van der Waals surface area contributed by atoms with Gasteiger partial charge < -0.3 is 0 Å². The third kappa shape index (κ3) is 1.93. The number of benzene rings is 1. The molecule has 1 aromatic heterocycles. The maximum Gasteiger partial charge on any atom is 0.176 e. The fourth-order valence-corrected chi connectivity index (χ4v) is 5.08. The van der Waals surface area contributed by atoms with Crippen LogP contribution in [0.25, 0.3) is 10.8 Å². The smallest absolute Gasteiger partial charge is 0.176 e. The van der Waals surface area contributed by atoms with Gasteiger partial charge in [0.2, 0.25) is 0 Å². The molecule has 4 heteroatoms.